The molecule has 0 bridgehead atoms. The first-order valence-corrected chi connectivity index (χ1v) is 4.65. The number of rotatable bonds is 2. The third-order valence-electron chi connectivity index (χ3n) is 2.52. The van der Waals surface area contributed by atoms with Gasteiger partial charge in [-0.15, -0.1) is 0 Å². The fourth-order valence-electron chi connectivity index (χ4n) is 1.75. The molecule has 3 unspecified atom stereocenters. The lowest BCUT2D eigenvalue weighted by Crippen LogP contribution is -2.24. The molecule has 70 valence electrons. The molecule has 0 aliphatic carbocycles. The van der Waals surface area contributed by atoms with Crippen molar-refractivity contribution < 1.29 is 5.11 Å². The van der Waals surface area contributed by atoms with Crippen LogP contribution in [0.25, 0.3) is 0 Å². The second-order valence-electron chi connectivity index (χ2n) is 4.03. The zero-order valence-electron chi connectivity index (χ0n) is 8.17. The molecular weight excluding hydrogens is 150 g/mol. The van der Waals surface area contributed by atoms with Crippen LogP contribution < -0.4 is 5.32 Å². The quantitative estimate of drug-likeness (QED) is 0.608. The molecule has 1 heterocycles. The average molecular weight is 169 g/mol. The van der Waals surface area contributed by atoms with Gasteiger partial charge in [-0.2, -0.15) is 0 Å². The van der Waals surface area contributed by atoms with Crippen LogP contribution in [-0.4, -0.2) is 24.3 Å². The Bertz CT molecular complexity index is 173. The van der Waals surface area contributed by atoms with E-state index in [4.69, 9.17) is 0 Å². The number of hydrogen-bond acceptors (Lipinski definition) is 2. The number of aliphatic hydroxyl groups excluding tert-OH is 1. The maximum Gasteiger partial charge on any atom is 0.0766 e. The van der Waals surface area contributed by atoms with Crippen molar-refractivity contribution in [1.29, 1.82) is 0 Å². The average Bonchev–Trinajstić information content (AvgIpc) is 2.33. The Hall–Kier alpha value is -0.340. The lowest BCUT2D eigenvalue weighted by atomic mass is 9.91. The highest BCUT2D eigenvalue weighted by Gasteiger charge is 2.27. The standard InChI is InChI=1S/C10H19NO/c1-7(2)4-10(12)9-6-11-5-8(9)3/h4,8-12H,5-6H2,1-3H3. The van der Waals surface area contributed by atoms with Gasteiger partial charge in [-0.05, 0) is 26.3 Å². The summed E-state index contributed by atoms with van der Waals surface area (Å²) in [5, 5.41) is 13.1. The van der Waals surface area contributed by atoms with E-state index in [-0.39, 0.29) is 6.10 Å². The molecule has 0 aromatic carbocycles. The zero-order valence-corrected chi connectivity index (χ0v) is 8.17. The van der Waals surface area contributed by atoms with E-state index < -0.39 is 0 Å². The van der Waals surface area contributed by atoms with Crippen LogP contribution in [-0.2, 0) is 0 Å². The predicted molar refractivity (Wildman–Crippen MR) is 51.0 cm³/mol. The highest BCUT2D eigenvalue weighted by Crippen LogP contribution is 2.21. The molecule has 2 heteroatoms. The zero-order chi connectivity index (χ0) is 9.14. The fourth-order valence-corrected chi connectivity index (χ4v) is 1.75. The van der Waals surface area contributed by atoms with Gasteiger partial charge in [-0.25, -0.2) is 0 Å². The second-order valence-corrected chi connectivity index (χ2v) is 4.03. The molecule has 1 rings (SSSR count). The third kappa shape index (κ3) is 2.32. The first-order valence-electron chi connectivity index (χ1n) is 4.65. The van der Waals surface area contributed by atoms with Crippen LogP contribution in [0.1, 0.15) is 20.8 Å². The number of aliphatic hydroxyl groups is 1. The van der Waals surface area contributed by atoms with Crippen molar-refractivity contribution in [2.45, 2.75) is 26.9 Å². The SMILES string of the molecule is CC(C)=CC(O)C1CNCC1C. The van der Waals surface area contributed by atoms with Crippen LogP contribution in [0.4, 0.5) is 0 Å². The van der Waals surface area contributed by atoms with Crippen molar-refractivity contribution in [3.63, 3.8) is 0 Å². The molecule has 2 nitrogen and oxygen atoms in total. The first kappa shape index (κ1) is 9.75. The lowest BCUT2D eigenvalue weighted by molar-refractivity contribution is 0.140. The summed E-state index contributed by atoms with van der Waals surface area (Å²) < 4.78 is 0. The molecule has 1 aliphatic rings. The lowest BCUT2D eigenvalue weighted by Gasteiger charge is -2.18. The Balaban J connectivity index is 2.51. The summed E-state index contributed by atoms with van der Waals surface area (Å²) in [5.41, 5.74) is 1.20. The van der Waals surface area contributed by atoms with Gasteiger partial charge in [-0.3, -0.25) is 0 Å². The summed E-state index contributed by atoms with van der Waals surface area (Å²) in [6, 6.07) is 0. The Morgan fingerprint density at radius 1 is 1.50 bits per heavy atom. The van der Waals surface area contributed by atoms with Gasteiger partial charge in [-0.1, -0.05) is 18.6 Å². The van der Waals surface area contributed by atoms with Gasteiger partial charge in [0.05, 0.1) is 6.10 Å². The molecule has 0 aromatic rings. The summed E-state index contributed by atoms with van der Waals surface area (Å²) in [4.78, 5) is 0. The molecule has 0 saturated carbocycles. The van der Waals surface area contributed by atoms with Gasteiger partial charge in [0.15, 0.2) is 0 Å². The topological polar surface area (TPSA) is 32.3 Å². The molecule has 1 saturated heterocycles. The van der Waals surface area contributed by atoms with Crippen molar-refractivity contribution in [1.82, 2.24) is 5.32 Å². The molecule has 0 radical (unpaired) electrons. The van der Waals surface area contributed by atoms with Gasteiger partial charge in [0, 0.05) is 12.5 Å². The summed E-state index contributed by atoms with van der Waals surface area (Å²) in [6.45, 7) is 8.23. The van der Waals surface area contributed by atoms with E-state index in [1.54, 1.807) is 0 Å². The van der Waals surface area contributed by atoms with Crippen molar-refractivity contribution >= 4 is 0 Å². The molecule has 12 heavy (non-hydrogen) atoms. The van der Waals surface area contributed by atoms with E-state index >= 15 is 0 Å². The molecule has 0 amide bonds. The van der Waals surface area contributed by atoms with Crippen LogP contribution >= 0.6 is 0 Å². The smallest absolute Gasteiger partial charge is 0.0766 e. The number of nitrogens with one attached hydrogen (secondary N) is 1. The van der Waals surface area contributed by atoms with Crippen molar-refractivity contribution in [2.24, 2.45) is 11.8 Å². The van der Waals surface area contributed by atoms with Crippen molar-refractivity contribution in [3.8, 4) is 0 Å². The minimum atomic E-state index is -0.264. The first-order chi connectivity index (χ1) is 5.61. The maximum atomic E-state index is 9.77. The summed E-state index contributed by atoms with van der Waals surface area (Å²) in [6.07, 6.45) is 1.69. The molecule has 0 spiro atoms. The molecule has 3 atom stereocenters. The Kier molecular flexibility index (Phi) is 3.29. The van der Waals surface area contributed by atoms with Crippen LogP contribution in [0, 0.1) is 11.8 Å². The normalized spacial score (nSPS) is 31.7. The van der Waals surface area contributed by atoms with Crippen LogP contribution in [0.5, 0.6) is 0 Å². The van der Waals surface area contributed by atoms with Gasteiger partial charge >= 0.3 is 0 Å². The van der Waals surface area contributed by atoms with E-state index in [9.17, 15) is 5.11 Å². The van der Waals surface area contributed by atoms with E-state index in [0.717, 1.165) is 13.1 Å². The summed E-state index contributed by atoms with van der Waals surface area (Å²) >= 11 is 0. The van der Waals surface area contributed by atoms with E-state index in [0.29, 0.717) is 11.8 Å². The maximum absolute atomic E-state index is 9.77. The third-order valence-corrected chi connectivity index (χ3v) is 2.52. The Labute approximate surface area is 74.7 Å². The number of hydrogen-bond donors (Lipinski definition) is 2. The predicted octanol–water partition coefficient (Wildman–Crippen LogP) is 1.17. The van der Waals surface area contributed by atoms with Crippen molar-refractivity contribution in [3.05, 3.63) is 11.6 Å². The van der Waals surface area contributed by atoms with E-state index in [2.05, 4.69) is 12.2 Å². The Morgan fingerprint density at radius 3 is 2.58 bits per heavy atom. The van der Waals surface area contributed by atoms with E-state index in [1.165, 1.54) is 5.57 Å². The second kappa shape index (κ2) is 4.06. The van der Waals surface area contributed by atoms with Crippen molar-refractivity contribution in [2.75, 3.05) is 13.1 Å². The summed E-state index contributed by atoms with van der Waals surface area (Å²) in [7, 11) is 0. The highest BCUT2D eigenvalue weighted by atomic mass is 16.3. The summed E-state index contributed by atoms with van der Waals surface area (Å²) in [5.74, 6) is 0.996. The molecule has 1 fully saturated rings. The number of allylic oxidation sites excluding steroid dienone is 1. The van der Waals surface area contributed by atoms with Crippen LogP contribution in [0.3, 0.4) is 0 Å². The molecular formula is C10H19NO. The van der Waals surface area contributed by atoms with Crippen LogP contribution in [0.15, 0.2) is 11.6 Å². The minimum absolute atomic E-state index is 0.264. The van der Waals surface area contributed by atoms with Crippen LogP contribution in [0.2, 0.25) is 0 Å². The fraction of sp³-hybridized carbons (Fsp3) is 0.800. The molecule has 1 aliphatic heterocycles. The monoisotopic (exact) mass is 169 g/mol. The van der Waals surface area contributed by atoms with Gasteiger partial charge in [0.25, 0.3) is 0 Å². The minimum Gasteiger partial charge on any atom is -0.389 e. The van der Waals surface area contributed by atoms with Gasteiger partial charge < -0.3 is 10.4 Å². The molecule has 2 N–H and O–H groups in total. The Morgan fingerprint density at radius 2 is 2.17 bits per heavy atom. The van der Waals surface area contributed by atoms with E-state index in [1.807, 2.05) is 19.9 Å². The van der Waals surface area contributed by atoms with Gasteiger partial charge in [0.1, 0.15) is 0 Å². The molecule has 0 aromatic heterocycles. The highest BCUT2D eigenvalue weighted by molar-refractivity contribution is 5.02. The largest absolute Gasteiger partial charge is 0.389 e. The van der Waals surface area contributed by atoms with Gasteiger partial charge in [0.2, 0.25) is 0 Å².